The summed E-state index contributed by atoms with van der Waals surface area (Å²) in [5.41, 5.74) is 0.843. The number of aryl methyl sites for hydroxylation is 2. The molecule has 0 aliphatic carbocycles. The number of ether oxygens (including phenoxy) is 2. The largest absolute Gasteiger partial charge is 0.481 e. The molecule has 0 unspecified atom stereocenters. The molecule has 21 heteroatoms. The number of imidazole rings is 1. The van der Waals surface area contributed by atoms with Crippen LogP contribution in [-0.4, -0.2) is 125 Å². The number of unbranched alkanes of at least 4 members (excludes halogenated alkanes) is 13. The van der Waals surface area contributed by atoms with Gasteiger partial charge in [-0.25, -0.2) is 13.4 Å². The molecule has 64 heavy (non-hydrogen) atoms. The Morgan fingerprint density at radius 2 is 1.33 bits per heavy atom. The molecule has 0 aliphatic rings. The van der Waals surface area contributed by atoms with E-state index in [2.05, 4.69) is 45.9 Å². The number of amides is 3. The molecule has 2 heterocycles. The molecule has 0 saturated heterocycles. The van der Waals surface area contributed by atoms with E-state index in [1.807, 2.05) is 0 Å². The van der Waals surface area contributed by atoms with Crippen molar-refractivity contribution >= 4 is 45.3 Å². The van der Waals surface area contributed by atoms with Crippen molar-refractivity contribution in [2.45, 2.75) is 161 Å². The van der Waals surface area contributed by atoms with E-state index in [1.54, 1.807) is 6.20 Å². The summed E-state index contributed by atoms with van der Waals surface area (Å²) < 4.78 is 37.4. The fourth-order valence-corrected chi connectivity index (χ4v) is 8.02. The molecule has 0 aromatic carbocycles. The minimum atomic E-state index is -3.82. The highest BCUT2D eigenvalue weighted by molar-refractivity contribution is 7.90. The summed E-state index contributed by atoms with van der Waals surface area (Å²) in [6.45, 7) is 0.894. The van der Waals surface area contributed by atoms with Gasteiger partial charge in [-0.3, -0.25) is 33.5 Å². The Hall–Kier alpha value is -4.63. The lowest BCUT2D eigenvalue weighted by atomic mass is 9.89. The molecule has 6 N–H and O–H groups in total. The van der Waals surface area contributed by atoms with Crippen LogP contribution in [0.1, 0.15) is 159 Å². The van der Waals surface area contributed by atoms with Gasteiger partial charge < -0.3 is 30.2 Å². The van der Waals surface area contributed by atoms with Crippen LogP contribution in [0.5, 0.6) is 0 Å². The number of tetrazole rings is 1. The number of nitrogens with zero attached hydrogens (tertiary/aromatic N) is 4. The number of rotatable bonds is 43. The summed E-state index contributed by atoms with van der Waals surface area (Å²) >= 11 is 0. The Labute approximate surface area is 377 Å². The Balaban J connectivity index is 1.36. The second-order valence-electron chi connectivity index (χ2n) is 16.1. The zero-order chi connectivity index (χ0) is 46.5. The topological polar surface area (TPSA) is 294 Å². The number of hydrogen-bond donors (Lipinski definition) is 6. The molecule has 2 aromatic heterocycles. The van der Waals surface area contributed by atoms with Crippen molar-refractivity contribution < 1.29 is 51.8 Å². The minimum Gasteiger partial charge on any atom is -0.481 e. The van der Waals surface area contributed by atoms with Crippen molar-refractivity contribution in [1.29, 1.82) is 0 Å². The van der Waals surface area contributed by atoms with Gasteiger partial charge in [0.25, 0.3) is 0 Å². The molecular formula is C43H73N9O11S. The van der Waals surface area contributed by atoms with Crippen LogP contribution in [0.3, 0.4) is 0 Å². The van der Waals surface area contributed by atoms with Crippen LogP contribution in [-0.2, 0) is 61.1 Å². The predicted molar refractivity (Wildman–Crippen MR) is 237 cm³/mol. The first-order chi connectivity index (χ1) is 30.9. The second kappa shape index (κ2) is 35.7. The summed E-state index contributed by atoms with van der Waals surface area (Å²) in [7, 11) is -3.82. The van der Waals surface area contributed by atoms with Gasteiger partial charge in [-0.2, -0.15) is 5.21 Å². The third-order valence-corrected chi connectivity index (χ3v) is 11.9. The van der Waals surface area contributed by atoms with Gasteiger partial charge in [0.05, 0.1) is 31.9 Å². The van der Waals surface area contributed by atoms with Crippen LogP contribution in [0.15, 0.2) is 12.5 Å². The monoisotopic (exact) mass is 924 g/mol. The normalized spacial score (nSPS) is 11.9. The summed E-state index contributed by atoms with van der Waals surface area (Å²) in [4.78, 5) is 79.1. The van der Waals surface area contributed by atoms with Crippen molar-refractivity contribution in [3.05, 3.63) is 24.0 Å². The zero-order valence-corrected chi connectivity index (χ0v) is 38.4. The van der Waals surface area contributed by atoms with Gasteiger partial charge in [-0.05, 0) is 44.9 Å². The highest BCUT2D eigenvalue weighted by atomic mass is 32.2. The minimum absolute atomic E-state index is 0.00795. The van der Waals surface area contributed by atoms with Crippen LogP contribution >= 0.6 is 0 Å². The quantitative estimate of drug-likeness (QED) is 0.0401. The number of carbonyl (C=O) groups is 6. The van der Waals surface area contributed by atoms with Crippen LogP contribution in [0.25, 0.3) is 0 Å². The van der Waals surface area contributed by atoms with E-state index in [1.165, 1.54) is 57.7 Å². The fourth-order valence-electron chi connectivity index (χ4n) is 6.95. The SMILES string of the molecule is O=C(O)CC(=O)[C@H](CCCCNC(=O)COCCOCCNC(=O)CCCS(=O)(=O)NC(=O)CCCCCCCCCCCCCCCc1nn[nH]n1)CCC(=O)CCc1cnc[nH]1. The molecule has 2 rings (SSSR count). The number of hydrogen-bond acceptors (Lipinski definition) is 14. The summed E-state index contributed by atoms with van der Waals surface area (Å²) in [5, 5.41) is 28.4. The van der Waals surface area contributed by atoms with Crippen LogP contribution < -0.4 is 15.4 Å². The molecule has 2 aromatic rings. The molecule has 0 saturated carbocycles. The lowest BCUT2D eigenvalue weighted by Crippen LogP contribution is -2.33. The van der Waals surface area contributed by atoms with Crippen molar-refractivity contribution in [3.8, 4) is 0 Å². The Kier molecular flexibility index (Phi) is 30.9. The van der Waals surface area contributed by atoms with Gasteiger partial charge >= 0.3 is 5.97 Å². The third kappa shape index (κ3) is 31.3. The van der Waals surface area contributed by atoms with E-state index in [-0.39, 0.29) is 88.4 Å². The number of carboxylic acid groups (broad SMARTS) is 1. The highest BCUT2D eigenvalue weighted by Gasteiger charge is 2.22. The molecule has 0 fully saturated rings. The second-order valence-corrected chi connectivity index (χ2v) is 18.0. The molecule has 0 spiro atoms. The van der Waals surface area contributed by atoms with Gasteiger partial charge in [0.2, 0.25) is 27.7 Å². The molecule has 3 amide bonds. The van der Waals surface area contributed by atoms with Crippen molar-refractivity contribution in [2.24, 2.45) is 5.92 Å². The first kappa shape index (κ1) is 55.5. The Bertz CT molecular complexity index is 1690. The van der Waals surface area contributed by atoms with Gasteiger partial charge in [0.1, 0.15) is 24.6 Å². The van der Waals surface area contributed by atoms with Gasteiger partial charge in [0.15, 0.2) is 5.82 Å². The number of Topliss-reactive ketones (excluding diaryl/α,β-unsaturated/α-hetero) is 2. The third-order valence-electron chi connectivity index (χ3n) is 10.5. The van der Waals surface area contributed by atoms with Crippen molar-refractivity contribution in [1.82, 2.24) is 45.9 Å². The standard InChI is InChI=1S/C43H73N9O11S/c53-37(24-22-36-32-44-34-47-36)23-21-35(38(54)31-43(58)59)17-14-15-25-45-42(57)33-63-29-28-62-27-26-46-40(55)20-16-30-64(60,61)50-41(56)19-13-11-9-7-5-3-1-2-4-6-8-10-12-18-39-48-51-52-49-39/h32,34-35H,1-31,33H2,(H,44,47)(H,45,57)(H,46,55)(H,50,56)(H,58,59)(H,48,49,51,52)/t35-/m1/s1. The molecular weight excluding hydrogens is 851 g/mol. The maximum absolute atomic E-state index is 12.5. The summed E-state index contributed by atoms with van der Waals surface area (Å²) in [6, 6.07) is 0. The van der Waals surface area contributed by atoms with Crippen LogP contribution in [0, 0.1) is 5.92 Å². The molecule has 0 radical (unpaired) electrons. The lowest BCUT2D eigenvalue weighted by Gasteiger charge is -2.15. The number of ketones is 2. The van der Waals surface area contributed by atoms with Crippen molar-refractivity contribution in [2.75, 3.05) is 45.3 Å². The maximum atomic E-state index is 12.5. The number of carbonyl (C=O) groups excluding carboxylic acids is 5. The molecule has 362 valence electrons. The molecule has 0 aliphatic heterocycles. The average molecular weight is 924 g/mol. The number of aliphatic carboxylic acids is 1. The average Bonchev–Trinajstić information content (AvgIpc) is 3.98. The van der Waals surface area contributed by atoms with Gasteiger partial charge in [0, 0.05) is 63.0 Å². The first-order valence-corrected chi connectivity index (χ1v) is 24.8. The number of nitrogens with one attached hydrogen (secondary N) is 5. The number of aromatic nitrogens is 6. The Morgan fingerprint density at radius 3 is 1.98 bits per heavy atom. The number of sulfonamides is 1. The van der Waals surface area contributed by atoms with E-state index in [0.717, 1.165) is 43.6 Å². The number of carboxylic acids is 1. The molecule has 0 bridgehead atoms. The summed E-state index contributed by atoms with van der Waals surface area (Å²) in [6.07, 6.45) is 21.1. The zero-order valence-electron chi connectivity index (χ0n) is 37.6. The first-order valence-electron chi connectivity index (χ1n) is 23.1. The summed E-state index contributed by atoms with van der Waals surface area (Å²) in [5.74, 6) is -2.89. The smallest absolute Gasteiger partial charge is 0.310 e. The van der Waals surface area contributed by atoms with Gasteiger partial charge in [-0.15, -0.1) is 10.2 Å². The fraction of sp³-hybridized carbons (Fsp3) is 0.767. The number of H-pyrrole nitrogens is 2. The van der Waals surface area contributed by atoms with Crippen molar-refractivity contribution in [3.63, 3.8) is 0 Å². The van der Waals surface area contributed by atoms with Crippen LogP contribution in [0.2, 0.25) is 0 Å². The van der Waals surface area contributed by atoms with Crippen LogP contribution in [0.4, 0.5) is 0 Å². The van der Waals surface area contributed by atoms with E-state index < -0.39 is 40.0 Å². The number of aromatic amines is 2. The maximum Gasteiger partial charge on any atom is 0.310 e. The molecule has 20 nitrogen and oxygen atoms in total. The van der Waals surface area contributed by atoms with E-state index in [0.29, 0.717) is 45.1 Å². The Morgan fingerprint density at radius 1 is 0.672 bits per heavy atom. The van der Waals surface area contributed by atoms with Gasteiger partial charge in [-0.1, -0.05) is 82.3 Å². The highest BCUT2D eigenvalue weighted by Crippen LogP contribution is 2.19. The van der Waals surface area contributed by atoms with E-state index >= 15 is 0 Å². The predicted octanol–water partition coefficient (Wildman–Crippen LogP) is 4.23. The van der Waals surface area contributed by atoms with E-state index in [9.17, 15) is 37.2 Å². The molecule has 1 atom stereocenters. The van der Waals surface area contributed by atoms with E-state index in [4.69, 9.17) is 14.6 Å². The lowest BCUT2D eigenvalue weighted by molar-refractivity contribution is -0.141.